The fourth-order valence-electron chi connectivity index (χ4n) is 2.19. The van der Waals surface area contributed by atoms with E-state index in [4.69, 9.17) is 14.6 Å². The average molecular weight is 287 g/mol. The largest absolute Gasteiger partial charge is 0.485 e. The number of ether oxygens (including phenoxy) is 2. The van der Waals surface area contributed by atoms with E-state index in [1.807, 2.05) is 0 Å². The van der Waals surface area contributed by atoms with Gasteiger partial charge in [0.15, 0.2) is 17.4 Å². The maximum Gasteiger partial charge on any atom is 0.190 e. The molecule has 0 aromatic heterocycles. The number of aliphatic hydroxyl groups is 1. The Labute approximate surface area is 116 Å². The Hall–Kier alpha value is -1.24. The fourth-order valence-corrected chi connectivity index (χ4v) is 2.19. The van der Waals surface area contributed by atoms with E-state index in [0.717, 1.165) is 25.2 Å². The molecule has 1 aliphatic rings. The molecule has 0 amide bonds. The van der Waals surface area contributed by atoms with Crippen LogP contribution in [0, 0.1) is 11.6 Å². The quantitative estimate of drug-likeness (QED) is 0.892. The summed E-state index contributed by atoms with van der Waals surface area (Å²) in [7, 11) is 0. The van der Waals surface area contributed by atoms with Crippen molar-refractivity contribution in [3.05, 3.63) is 29.3 Å². The third-order valence-corrected chi connectivity index (χ3v) is 3.32. The maximum absolute atomic E-state index is 13.7. The average Bonchev–Trinajstić information content (AvgIpc) is 2.46. The highest BCUT2D eigenvalue weighted by Crippen LogP contribution is 2.24. The number of morpholine rings is 1. The number of hydrogen-bond acceptors (Lipinski definition) is 4. The predicted molar refractivity (Wildman–Crippen MR) is 69.6 cm³/mol. The van der Waals surface area contributed by atoms with E-state index in [0.29, 0.717) is 13.2 Å². The zero-order valence-electron chi connectivity index (χ0n) is 11.4. The molecule has 0 spiro atoms. The number of benzene rings is 1. The predicted octanol–water partition coefficient (Wildman–Crippen LogP) is 1.56. The van der Waals surface area contributed by atoms with Crippen LogP contribution in [-0.2, 0) is 11.3 Å². The van der Waals surface area contributed by atoms with Crippen LogP contribution >= 0.6 is 0 Å². The van der Waals surface area contributed by atoms with Gasteiger partial charge in [-0.05, 0) is 24.2 Å². The minimum atomic E-state index is -0.808. The minimum absolute atomic E-state index is 0.100. The molecule has 1 fully saturated rings. The summed E-state index contributed by atoms with van der Waals surface area (Å²) in [4.78, 5) is 2.19. The SMILES string of the molecule is CCN1CCOC(COc2c(F)cc(CO)cc2F)C1. The molecule has 0 radical (unpaired) electrons. The lowest BCUT2D eigenvalue weighted by molar-refractivity contribution is -0.0473. The van der Waals surface area contributed by atoms with E-state index < -0.39 is 24.0 Å². The first-order valence-corrected chi connectivity index (χ1v) is 6.69. The van der Waals surface area contributed by atoms with E-state index in [1.54, 1.807) is 0 Å². The molecule has 6 heteroatoms. The normalized spacial score (nSPS) is 20.1. The highest BCUT2D eigenvalue weighted by atomic mass is 19.1. The van der Waals surface area contributed by atoms with Crippen molar-refractivity contribution < 1.29 is 23.4 Å². The van der Waals surface area contributed by atoms with Gasteiger partial charge in [0.05, 0.1) is 13.2 Å². The summed E-state index contributed by atoms with van der Waals surface area (Å²) in [6.07, 6.45) is -0.194. The molecule has 0 aliphatic carbocycles. The van der Waals surface area contributed by atoms with Crippen molar-refractivity contribution in [2.75, 3.05) is 32.8 Å². The molecule has 4 nitrogen and oxygen atoms in total. The van der Waals surface area contributed by atoms with Gasteiger partial charge in [-0.25, -0.2) is 8.78 Å². The first kappa shape index (κ1) is 15.2. The Kier molecular flexibility index (Phi) is 5.28. The van der Waals surface area contributed by atoms with Crippen molar-refractivity contribution in [2.45, 2.75) is 19.6 Å². The van der Waals surface area contributed by atoms with Crippen LogP contribution in [0.1, 0.15) is 12.5 Å². The van der Waals surface area contributed by atoms with Crippen LogP contribution in [0.2, 0.25) is 0 Å². The first-order chi connectivity index (χ1) is 9.63. The molecule has 112 valence electrons. The van der Waals surface area contributed by atoms with Crippen molar-refractivity contribution in [3.8, 4) is 5.75 Å². The highest BCUT2D eigenvalue weighted by molar-refractivity contribution is 5.31. The Morgan fingerprint density at radius 3 is 2.70 bits per heavy atom. The van der Waals surface area contributed by atoms with Crippen molar-refractivity contribution in [1.82, 2.24) is 4.90 Å². The Morgan fingerprint density at radius 2 is 2.10 bits per heavy atom. The van der Waals surface area contributed by atoms with Gasteiger partial charge in [-0.2, -0.15) is 0 Å². The van der Waals surface area contributed by atoms with Gasteiger partial charge in [0.2, 0.25) is 0 Å². The molecule has 0 saturated carbocycles. The van der Waals surface area contributed by atoms with Crippen molar-refractivity contribution >= 4 is 0 Å². The molecule has 1 aromatic carbocycles. The van der Waals surface area contributed by atoms with Crippen LogP contribution in [0.15, 0.2) is 12.1 Å². The number of hydrogen-bond donors (Lipinski definition) is 1. The highest BCUT2D eigenvalue weighted by Gasteiger charge is 2.21. The monoisotopic (exact) mass is 287 g/mol. The third kappa shape index (κ3) is 3.65. The second kappa shape index (κ2) is 6.97. The molecular formula is C14H19F2NO3. The Morgan fingerprint density at radius 1 is 1.40 bits per heavy atom. The summed E-state index contributed by atoms with van der Waals surface area (Å²) in [6.45, 7) is 4.80. The molecule has 1 N–H and O–H groups in total. The maximum atomic E-state index is 13.7. The van der Waals surface area contributed by atoms with Gasteiger partial charge in [0.25, 0.3) is 0 Å². The van der Waals surface area contributed by atoms with Crippen LogP contribution in [-0.4, -0.2) is 49.0 Å². The van der Waals surface area contributed by atoms with E-state index in [9.17, 15) is 8.78 Å². The Balaban J connectivity index is 1.97. The molecule has 1 aromatic rings. The number of aliphatic hydroxyl groups excluding tert-OH is 1. The number of rotatable bonds is 5. The lowest BCUT2D eigenvalue weighted by Crippen LogP contribution is -2.44. The zero-order chi connectivity index (χ0) is 14.5. The number of likely N-dealkylation sites (N-methyl/N-ethyl adjacent to an activating group) is 1. The molecule has 1 saturated heterocycles. The molecule has 0 bridgehead atoms. The van der Waals surface area contributed by atoms with Gasteiger partial charge >= 0.3 is 0 Å². The van der Waals surface area contributed by atoms with Gasteiger partial charge in [-0.1, -0.05) is 6.92 Å². The molecule has 20 heavy (non-hydrogen) atoms. The van der Waals surface area contributed by atoms with Crippen LogP contribution in [0.4, 0.5) is 8.78 Å². The lowest BCUT2D eigenvalue weighted by atomic mass is 10.2. The van der Waals surface area contributed by atoms with Gasteiger partial charge in [-0.3, -0.25) is 4.90 Å². The second-order valence-corrected chi connectivity index (χ2v) is 4.74. The van der Waals surface area contributed by atoms with Gasteiger partial charge < -0.3 is 14.6 Å². The summed E-state index contributed by atoms with van der Waals surface area (Å²) in [5.41, 5.74) is 0.179. The van der Waals surface area contributed by atoms with E-state index >= 15 is 0 Å². The Bertz CT molecular complexity index is 433. The summed E-state index contributed by atoms with van der Waals surface area (Å²) in [6, 6.07) is 2.14. The number of halogens is 2. The first-order valence-electron chi connectivity index (χ1n) is 6.69. The number of nitrogens with zero attached hydrogens (tertiary/aromatic N) is 1. The molecule has 1 heterocycles. The van der Waals surface area contributed by atoms with Crippen LogP contribution in [0.25, 0.3) is 0 Å². The van der Waals surface area contributed by atoms with Gasteiger partial charge in [0, 0.05) is 13.1 Å². The summed E-state index contributed by atoms with van der Waals surface area (Å²) < 4.78 is 38.1. The van der Waals surface area contributed by atoms with Crippen molar-refractivity contribution in [2.24, 2.45) is 0 Å². The third-order valence-electron chi connectivity index (χ3n) is 3.32. The molecule has 1 aliphatic heterocycles. The van der Waals surface area contributed by atoms with Crippen molar-refractivity contribution in [3.63, 3.8) is 0 Å². The van der Waals surface area contributed by atoms with Gasteiger partial charge in [0.1, 0.15) is 12.7 Å². The second-order valence-electron chi connectivity index (χ2n) is 4.74. The summed E-state index contributed by atoms with van der Waals surface area (Å²) >= 11 is 0. The smallest absolute Gasteiger partial charge is 0.190 e. The lowest BCUT2D eigenvalue weighted by Gasteiger charge is -2.31. The fraction of sp³-hybridized carbons (Fsp3) is 0.571. The summed E-state index contributed by atoms with van der Waals surface area (Å²) in [5, 5.41) is 8.87. The molecular weight excluding hydrogens is 268 g/mol. The van der Waals surface area contributed by atoms with E-state index in [2.05, 4.69) is 11.8 Å². The minimum Gasteiger partial charge on any atom is -0.485 e. The van der Waals surface area contributed by atoms with Crippen molar-refractivity contribution in [1.29, 1.82) is 0 Å². The molecule has 1 atom stereocenters. The topological polar surface area (TPSA) is 41.9 Å². The van der Waals surface area contributed by atoms with E-state index in [1.165, 1.54) is 0 Å². The van der Waals surface area contributed by atoms with Crippen LogP contribution in [0.3, 0.4) is 0 Å². The standard InChI is InChI=1S/C14H19F2NO3/c1-2-17-3-4-19-11(7-17)9-20-14-12(15)5-10(8-18)6-13(14)16/h5-6,11,18H,2-4,7-9H2,1H3. The zero-order valence-corrected chi connectivity index (χ0v) is 11.4. The van der Waals surface area contributed by atoms with Gasteiger partial charge in [-0.15, -0.1) is 0 Å². The summed E-state index contributed by atoms with van der Waals surface area (Å²) in [5.74, 6) is -2.03. The van der Waals surface area contributed by atoms with Crippen LogP contribution in [0.5, 0.6) is 5.75 Å². The molecule has 2 rings (SSSR count). The molecule has 1 unspecified atom stereocenters. The van der Waals surface area contributed by atoms with Crippen LogP contribution < -0.4 is 4.74 Å². The van der Waals surface area contributed by atoms with E-state index in [-0.39, 0.29) is 18.3 Å².